The van der Waals surface area contributed by atoms with E-state index in [1.54, 1.807) is 0 Å². The Kier molecular flexibility index (Phi) is 5.61. The molecule has 0 radical (unpaired) electrons. The van der Waals surface area contributed by atoms with Crippen molar-refractivity contribution in [2.24, 2.45) is 0 Å². The van der Waals surface area contributed by atoms with Gasteiger partial charge in [0.25, 0.3) is 0 Å². The number of hydrogen-bond donors (Lipinski definition) is 0. The molecule has 0 aliphatic rings. The van der Waals surface area contributed by atoms with E-state index in [0.29, 0.717) is 0 Å². The maximum atomic E-state index is 2.43. The van der Waals surface area contributed by atoms with Crippen LogP contribution in [0, 0.1) is 0 Å². The lowest BCUT2D eigenvalue weighted by molar-refractivity contribution is 1.66. The molecule has 9 aromatic rings. The Labute approximate surface area is 256 Å². The molecule has 0 atom stereocenters. The van der Waals surface area contributed by atoms with Gasteiger partial charge in [-0.2, -0.15) is 0 Å². The average molecular weight is 557 g/mol. The van der Waals surface area contributed by atoms with Crippen molar-refractivity contribution in [1.82, 2.24) is 0 Å². The van der Waals surface area contributed by atoms with Gasteiger partial charge < -0.3 is 0 Å². The van der Waals surface area contributed by atoms with E-state index in [-0.39, 0.29) is 0 Å². The summed E-state index contributed by atoms with van der Waals surface area (Å²) in [5, 5.41) is 12.7. The molecule has 0 fully saturated rings. The molecule has 0 saturated carbocycles. The first-order valence-electron chi connectivity index (χ1n) is 15.3. The first kappa shape index (κ1) is 24.8. The molecule has 0 bridgehead atoms. The molecule has 0 saturated heterocycles. The van der Waals surface area contributed by atoms with Crippen LogP contribution in [0.5, 0.6) is 0 Å². The Morgan fingerprint density at radius 3 is 1.30 bits per heavy atom. The van der Waals surface area contributed by atoms with Gasteiger partial charge in [-0.3, -0.25) is 0 Å². The van der Waals surface area contributed by atoms with E-state index < -0.39 is 0 Å². The second-order valence-corrected chi connectivity index (χ2v) is 11.7. The van der Waals surface area contributed by atoms with E-state index in [1.807, 2.05) is 0 Å². The van der Waals surface area contributed by atoms with Gasteiger partial charge in [0.1, 0.15) is 0 Å². The maximum absolute atomic E-state index is 2.43. The summed E-state index contributed by atoms with van der Waals surface area (Å²) in [7, 11) is 0. The average Bonchev–Trinajstić information content (AvgIpc) is 3.10. The minimum absolute atomic E-state index is 1.23. The van der Waals surface area contributed by atoms with Gasteiger partial charge in [0.05, 0.1) is 0 Å². The smallest absolute Gasteiger partial charge is 0.00199 e. The fourth-order valence-corrected chi connectivity index (χ4v) is 7.19. The highest BCUT2D eigenvalue weighted by molar-refractivity contribution is 6.25. The quantitative estimate of drug-likeness (QED) is 0.190. The summed E-state index contributed by atoms with van der Waals surface area (Å²) in [6.07, 6.45) is 0. The second kappa shape index (κ2) is 9.93. The molecule has 0 aliphatic carbocycles. The molecule has 204 valence electrons. The zero-order valence-corrected chi connectivity index (χ0v) is 24.2. The molecule has 0 unspecified atom stereocenters. The van der Waals surface area contributed by atoms with Crippen LogP contribution in [0.25, 0.3) is 87.2 Å². The van der Waals surface area contributed by atoms with Crippen LogP contribution in [-0.4, -0.2) is 0 Å². The Morgan fingerprint density at radius 2 is 0.659 bits per heavy atom. The SMILES string of the molecule is c1ccc2cc(-c3ccc4c(-c5cccc6ccccc56)c5ccccc5c(-c5cccc6ccccc56)c4c3)ccc2c1. The van der Waals surface area contributed by atoms with E-state index >= 15 is 0 Å². The predicted molar refractivity (Wildman–Crippen MR) is 190 cm³/mol. The predicted octanol–water partition coefficient (Wildman–Crippen LogP) is 12.5. The van der Waals surface area contributed by atoms with Crippen LogP contribution in [0.2, 0.25) is 0 Å². The van der Waals surface area contributed by atoms with Crippen LogP contribution >= 0.6 is 0 Å². The van der Waals surface area contributed by atoms with Gasteiger partial charge in [-0.25, -0.2) is 0 Å². The molecular formula is C44H28. The number of benzene rings is 9. The molecule has 9 aromatic carbocycles. The van der Waals surface area contributed by atoms with Crippen molar-refractivity contribution in [3.63, 3.8) is 0 Å². The Hall–Kier alpha value is -5.72. The molecule has 0 spiro atoms. The van der Waals surface area contributed by atoms with Gasteiger partial charge in [0.15, 0.2) is 0 Å². The summed E-state index contributed by atoms with van der Waals surface area (Å²) >= 11 is 0. The molecule has 0 heterocycles. The van der Waals surface area contributed by atoms with Crippen LogP contribution in [0.3, 0.4) is 0 Å². The van der Waals surface area contributed by atoms with Gasteiger partial charge in [0, 0.05) is 0 Å². The van der Waals surface area contributed by atoms with Gasteiger partial charge >= 0.3 is 0 Å². The fraction of sp³-hybridized carbons (Fsp3) is 0. The van der Waals surface area contributed by atoms with Crippen LogP contribution in [-0.2, 0) is 0 Å². The summed E-state index contributed by atoms with van der Waals surface area (Å²) in [6, 6.07) is 62.4. The highest BCUT2D eigenvalue weighted by Gasteiger charge is 2.19. The standard InChI is InChI=1S/C44H28/c1-2-14-32-27-33(24-23-29(32)11-1)34-25-26-41-42(28-34)44(38-22-10-16-31-13-4-6-18-36(31)38)40-20-8-7-19-39(40)43(41)37-21-9-15-30-12-3-5-17-35(30)37/h1-28H. The minimum atomic E-state index is 1.23. The normalized spacial score (nSPS) is 11.6. The third-order valence-corrected chi connectivity index (χ3v) is 9.22. The van der Waals surface area contributed by atoms with Crippen molar-refractivity contribution in [3.05, 3.63) is 170 Å². The van der Waals surface area contributed by atoms with Crippen molar-refractivity contribution in [2.45, 2.75) is 0 Å². The molecule has 0 nitrogen and oxygen atoms in total. The van der Waals surface area contributed by atoms with Gasteiger partial charge in [-0.1, -0.05) is 158 Å². The molecule has 0 amide bonds. The van der Waals surface area contributed by atoms with Crippen LogP contribution in [0.4, 0.5) is 0 Å². The third-order valence-electron chi connectivity index (χ3n) is 9.22. The molecule has 0 heteroatoms. The van der Waals surface area contributed by atoms with Crippen molar-refractivity contribution < 1.29 is 0 Å². The molecule has 9 rings (SSSR count). The molecule has 0 aliphatic heterocycles. The molecule has 44 heavy (non-hydrogen) atoms. The first-order chi connectivity index (χ1) is 21.8. The summed E-state index contributed by atoms with van der Waals surface area (Å²) in [4.78, 5) is 0. The Bertz CT molecular complexity index is 2540. The Balaban J connectivity index is 1.45. The molecule has 0 aromatic heterocycles. The lowest BCUT2D eigenvalue weighted by atomic mass is 9.83. The minimum Gasteiger partial charge on any atom is -0.0616 e. The van der Waals surface area contributed by atoms with Crippen molar-refractivity contribution in [3.8, 4) is 33.4 Å². The van der Waals surface area contributed by atoms with Crippen LogP contribution < -0.4 is 0 Å². The topological polar surface area (TPSA) is 0 Å². The summed E-state index contributed by atoms with van der Waals surface area (Å²) < 4.78 is 0. The lowest BCUT2D eigenvalue weighted by Gasteiger charge is -2.20. The van der Waals surface area contributed by atoms with E-state index in [2.05, 4.69) is 170 Å². The highest BCUT2D eigenvalue weighted by atomic mass is 14.2. The summed E-state index contributed by atoms with van der Waals surface area (Å²) in [6.45, 7) is 0. The number of rotatable bonds is 3. The lowest BCUT2D eigenvalue weighted by Crippen LogP contribution is -1.93. The fourth-order valence-electron chi connectivity index (χ4n) is 7.19. The van der Waals surface area contributed by atoms with E-state index in [1.165, 1.54) is 87.2 Å². The summed E-state index contributed by atoms with van der Waals surface area (Å²) in [5.41, 5.74) is 7.58. The third kappa shape index (κ3) is 3.85. The van der Waals surface area contributed by atoms with Crippen molar-refractivity contribution >= 4 is 53.9 Å². The largest absolute Gasteiger partial charge is 0.0616 e. The van der Waals surface area contributed by atoms with E-state index in [4.69, 9.17) is 0 Å². The van der Waals surface area contributed by atoms with Crippen molar-refractivity contribution in [2.75, 3.05) is 0 Å². The van der Waals surface area contributed by atoms with Crippen LogP contribution in [0.15, 0.2) is 170 Å². The summed E-state index contributed by atoms with van der Waals surface area (Å²) in [5.74, 6) is 0. The van der Waals surface area contributed by atoms with Gasteiger partial charge in [-0.05, 0) is 99.4 Å². The monoisotopic (exact) mass is 556 g/mol. The van der Waals surface area contributed by atoms with E-state index in [9.17, 15) is 0 Å². The molecule has 0 N–H and O–H groups in total. The number of hydrogen-bond acceptors (Lipinski definition) is 0. The second-order valence-electron chi connectivity index (χ2n) is 11.7. The van der Waals surface area contributed by atoms with Crippen molar-refractivity contribution in [1.29, 1.82) is 0 Å². The van der Waals surface area contributed by atoms with E-state index in [0.717, 1.165) is 0 Å². The first-order valence-corrected chi connectivity index (χ1v) is 15.3. The highest BCUT2D eigenvalue weighted by Crippen LogP contribution is 2.47. The zero-order chi connectivity index (χ0) is 29.0. The Morgan fingerprint density at radius 1 is 0.227 bits per heavy atom. The zero-order valence-electron chi connectivity index (χ0n) is 24.2. The maximum Gasteiger partial charge on any atom is -0.00199 e. The van der Waals surface area contributed by atoms with Gasteiger partial charge in [-0.15, -0.1) is 0 Å². The molecular weight excluding hydrogens is 528 g/mol. The van der Waals surface area contributed by atoms with Gasteiger partial charge in [0.2, 0.25) is 0 Å². The van der Waals surface area contributed by atoms with Crippen LogP contribution in [0.1, 0.15) is 0 Å². The number of fused-ring (bicyclic) bond motifs is 5.